The number of pyridine rings is 1. The lowest BCUT2D eigenvalue weighted by molar-refractivity contribution is -0.137. The van der Waals surface area contributed by atoms with Gasteiger partial charge in [-0.3, -0.25) is 0 Å². The van der Waals surface area contributed by atoms with Crippen molar-refractivity contribution in [2.24, 2.45) is 0 Å². The maximum Gasteiger partial charge on any atom is 0.416 e. The van der Waals surface area contributed by atoms with Crippen LogP contribution < -0.4 is 9.47 Å². The quantitative estimate of drug-likeness (QED) is 0.362. The van der Waals surface area contributed by atoms with E-state index in [1.807, 2.05) is 0 Å². The van der Waals surface area contributed by atoms with Crippen molar-refractivity contribution in [2.45, 2.75) is 13.1 Å². The van der Waals surface area contributed by atoms with Crippen LogP contribution in [-0.4, -0.2) is 22.1 Å². The zero-order valence-corrected chi connectivity index (χ0v) is 17.0. The third kappa shape index (κ3) is 4.41. The van der Waals surface area contributed by atoms with Crippen molar-refractivity contribution in [3.05, 3.63) is 77.9 Å². The van der Waals surface area contributed by atoms with Gasteiger partial charge in [0.2, 0.25) is 5.88 Å². The number of aromatic amines is 1. The Morgan fingerprint density at radius 2 is 1.78 bits per heavy atom. The van der Waals surface area contributed by atoms with E-state index in [4.69, 9.17) is 9.47 Å². The fourth-order valence-electron chi connectivity index (χ4n) is 3.12. The zero-order chi connectivity index (χ0) is 22.9. The van der Waals surface area contributed by atoms with Gasteiger partial charge in [0.05, 0.1) is 18.4 Å². The highest BCUT2D eigenvalue weighted by atomic mass is 19.4. The van der Waals surface area contributed by atoms with Gasteiger partial charge in [-0.05, 0) is 55.0 Å². The van der Waals surface area contributed by atoms with E-state index < -0.39 is 17.6 Å². The van der Waals surface area contributed by atoms with Gasteiger partial charge < -0.3 is 14.5 Å². The Morgan fingerprint density at radius 3 is 2.50 bits per heavy atom. The molecule has 0 aliphatic rings. The van der Waals surface area contributed by atoms with E-state index in [1.54, 1.807) is 31.5 Å². The second-order valence-corrected chi connectivity index (χ2v) is 6.94. The summed E-state index contributed by atoms with van der Waals surface area (Å²) in [7, 11) is 1.49. The van der Waals surface area contributed by atoms with Crippen molar-refractivity contribution in [3.63, 3.8) is 0 Å². The third-order valence-electron chi connectivity index (χ3n) is 4.74. The highest BCUT2D eigenvalue weighted by molar-refractivity contribution is 5.71. The predicted octanol–water partition coefficient (Wildman–Crippen LogP) is 6.41. The van der Waals surface area contributed by atoms with Crippen molar-refractivity contribution in [3.8, 4) is 40.0 Å². The van der Waals surface area contributed by atoms with Crippen LogP contribution in [0.2, 0.25) is 0 Å². The number of aryl methyl sites for hydroxylation is 1. The Morgan fingerprint density at radius 1 is 0.969 bits per heavy atom. The molecule has 5 nitrogen and oxygen atoms in total. The van der Waals surface area contributed by atoms with Gasteiger partial charge in [0.1, 0.15) is 23.1 Å². The fourth-order valence-corrected chi connectivity index (χ4v) is 3.12. The topological polar surface area (TPSA) is 60.0 Å². The normalized spacial score (nSPS) is 11.4. The minimum Gasteiger partial charge on any atom is -0.481 e. The highest BCUT2D eigenvalue weighted by Gasteiger charge is 2.32. The molecule has 2 aromatic carbocycles. The lowest BCUT2D eigenvalue weighted by atomic mass is 10.1. The van der Waals surface area contributed by atoms with Gasteiger partial charge in [-0.1, -0.05) is 0 Å². The summed E-state index contributed by atoms with van der Waals surface area (Å²) in [6.07, 6.45) is -1.44. The van der Waals surface area contributed by atoms with Crippen LogP contribution in [-0.2, 0) is 6.18 Å². The number of H-pyrrole nitrogens is 1. The molecule has 0 fully saturated rings. The van der Waals surface area contributed by atoms with E-state index in [0.29, 0.717) is 34.1 Å². The van der Waals surface area contributed by atoms with Gasteiger partial charge in [-0.15, -0.1) is 0 Å². The largest absolute Gasteiger partial charge is 0.481 e. The van der Waals surface area contributed by atoms with Crippen molar-refractivity contribution in [1.82, 2.24) is 15.0 Å². The highest BCUT2D eigenvalue weighted by Crippen LogP contribution is 2.39. The Hall–Kier alpha value is -3.88. The molecular formula is C23H17F4N3O2. The number of rotatable bonds is 5. The minimum atomic E-state index is -4.56. The number of ether oxygens (including phenoxy) is 2. The molecule has 0 radical (unpaired) electrons. The summed E-state index contributed by atoms with van der Waals surface area (Å²) in [5.74, 6) is 0.584. The van der Waals surface area contributed by atoms with Crippen molar-refractivity contribution >= 4 is 0 Å². The molecule has 0 spiro atoms. The molecule has 0 unspecified atom stereocenters. The van der Waals surface area contributed by atoms with E-state index in [1.165, 1.54) is 31.4 Å². The molecule has 0 aliphatic carbocycles. The number of alkyl halides is 3. The van der Waals surface area contributed by atoms with E-state index in [2.05, 4.69) is 15.0 Å². The first-order valence-corrected chi connectivity index (χ1v) is 9.46. The van der Waals surface area contributed by atoms with E-state index in [-0.39, 0.29) is 11.5 Å². The fraction of sp³-hybridized carbons (Fsp3) is 0.130. The summed E-state index contributed by atoms with van der Waals surface area (Å²) in [6, 6.07) is 10.3. The van der Waals surface area contributed by atoms with Crippen LogP contribution in [0.3, 0.4) is 0 Å². The lowest BCUT2D eigenvalue weighted by Gasteiger charge is -2.15. The summed E-state index contributed by atoms with van der Waals surface area (Å²) in [5.41, 5.74) is 0.974. The molecule has 9 heteroatoms. The summed E-state index contributed by atoms with van der Waals surface area (Å²) >= 11 is 0. The number of aromatic nitrogens is 3. The number of benzene rings is 2. The maximum atomic E-state index is 13.4. The summed E-state index contributed by atoms with van der Waals surface area (Å²) < 4.78 is 64.3. The second-order valence-electron chi connectivity index (χ2n) is 6.94. The molecule has 164 valence electrons. The average Bonchev–Trinajstić information content (AvgIpc) is 3.25. The predicted molar refractivity (Wildman–Crippen MR) is 110 cm³/mol. The van der Waals surface area contributed by atoms with E-state index in [9.17, 15) is 17.6 Å². The number of nitrogens with zero attached hydrogens (tertiary/aromatic N) is 2. The van der Waals surface area contributed by atoms with Crippen LogP contribution in [0.5, 0.6) is 17.4 Å². The van der Waals surface area contributed by atoms with Crippen molar-refractivity contribution in [1.29, 1.82) is 0 Å². The third-order valence-corrected chi connectivity index (χ3v) is 4.74. The van der Waals surface area contributed by atoms with Crippen LogP contribution in [0.25, 0.3) is 22.6 Å². The standard InChI is InChI=1S/C23H17F4N3O2/c1-13-9-16(24)4-6-19(13)32-20-11-15(23(25,26)27)3-5-17(20)18-12-29-22(30-18)14-7-8-28-21(10-14)31-2/h3-12H,1-2H3,(H,29,30). The van der Waals surface area contributed by atoms with Crippen molar-refractivity contribution in [2.75, 3.05) is 7.11 Å². The molecular weight excluding hydrogens is 426 g/mol. The number of hydrogen-bond acceptors (Lipinski definition) is 4. The Bertz CT molecular complexity index is 1270. The Labute approximate surface area is 180 Å². The average molecular weight is 443 g/mol. The van der Waals surface area contributed by atoms with Gasteiger partial charge >= 0.3 is 6.18 Å². The van der Waals surface area contributed by atoms with Gasteiger partial charge in [0.25, 0.3) is 0 Å². The number of halogens is 4. The molecule has 1 N–H and O–H groups in total. The number of hydrogen-bond donors (Lipinski definition) is 1. The van der Waals surface area contributed by atoms with Crippen LogP contribution in [0.4, 0.5) is 17.6 Å². The molecule has 0 amide bonds. The second kappa shape index (κ2) is 8.33. The zero-order valence-electron chi connectivity index (χ0n) is 17.0. The molecule has 2 aromatic heterocycles. The molecule has 0 saturated carbocycles. The first kappa shape index (κ1) is 21.4. The smallest absolute Gasteiger partial charge is 0.416 e. The molecule has 32 heavy (non-hydrogen) atoms. The number of methoxy groups -OCH3 is 1. The molecule has 0 bridgehead atoms. The van der Waals surface area contributed by atoms with E-state index in [0.717, 1.165) is 12.1 Å². The van der Waals surface area contributed by atoms with Gasteiger partial charge in [-0.25, -0.2) is 14.4 Å². The number of nitrogens with one attached hydrogen (secondary N) is 1. The monoisotopic (exact) mass is 443 g/mol. The van der Waals surface area contributed by atoms with Crippen LogP contribution >= 0.6 is 0 Å². The van der Waals surface area contributed by atoms with Crippen LogP contribution in [0.15, 0.2) is 60.9 Å². The summed E-state index contributed by atoms with van der Waals surface area (Å²) in [4.78, 5) is 11.5. The Balaban J connectivity index is 1.77. The summed E-state index contributed by atoms with van der Waals surface area (Å²) in [5, 5.41) is 0. The first-order valence-electron chi connectivity index (χ1n) is 9.46. The lowest BCUT2D eigenvalue weighted by Crippen LogP contribution is -2.05. The van der Waals surface area contributed by atoms with Crippen LogP contribution in [0.1, 0.15) is 11.1 Å². The summed E-state index contributed by atoms with van der Waals surface area (Å²) in [6.45, 7) is 1.61. The Kier molecular flexibility index (Phi) is 5.56. The SMILES string of the molecule is COc1cc(-c2nc(-c3ccc(C(F)(F)F)cc3Oc3ccc(F)cc3C)c[nH]2)ccn1. The minimum absolute atomic E-state index is 0.0557. The molecule has 0 aliphatic heterocycles. The maximum absolute atomic E-state index is 13.4. The molecule has 0 atom stereocenters. The molecule has 0 saturated heterocycles. The van der Waals surface area contributed by atoms with Gasteiger partial charge in [0.15, 0.2) is 0 Å². The molecule has 2 heterocycles. The van der Waals surface area contributed by atoms with Gasteiger partial charge in [-0.2, -0.15) is 13.2 Å². The molecule has 4 rings (SSSR count). The first-order chi connectivity index (χ1) is 15.2. The van der Waals surface area contributed by atoms with Gasteiger partial charge in [0, 0.05) is 29.6 Å². The molecule has 4 aromatic rings. The van der Waals surface area contributed by atoms with Crippen molar-refractivity contribution < 1.29 is 27.0 Å². The van der Waals surface area contributed by atoms with Crippen LogP contribution in [0, 0.1) is 12.7 Å². The number of imidazole rings is 1. The van der Waals surface area contributed by atoms with E-state index >= 15 is 0 Å².